The number of rotatable bonds is 8. The Balaban J connectivity index is 1.65. The van der Waals surface area contributed by atoms with Crippen LogP contribution in [0.4, 0.5) is 4.79 Å². The first-order chi connectivity index (χ1) is 11.6. The summed E-state index contributed by atoms with van der Waals surface area (Å²) in [4.78, 5) is 26.7. The van der Waals surface area contributed by atoms with Crippen LogP contribution in [0, 0.1) is 0 Å². The van der Waals surface area contributed by atoms with Crippen molar-refractivity contribution in [2.75, 3.05) is 33.7 Å². The molecule has 2 aromatic rings. The van der Waals surface area contributed by atoms with E-state index in [0.717, 1.165) is 0 Å². The van der Waals surface area contributed by atoms with Gasteiger partial charge >= 0.3 is 6.03 Å². The molecule has 0 saturated carbocycles. The lowest BCUT2D eigenvalue weighted by Gasteiger charge is -2.23. The van der Waals surface area contributed by atoms with Crippen molar-refractivity contribution in [1.29, 1.82) is 0 Å². The summed E-state index contributed by atoms with van der Waals surface area (Å²) in [5.74, 6) is -0.0446. The fourth-order valence-electron chi connectivity index (χ4n) is 2.12. The molecule has 0 aliphatic carbocycles. The van der Waals surface area contributed by atoms with Crippen molar-refractivity contribution in [2.24, 2.45) is 0 Å². The third-order valence-corrected chi connectivity index (χ3v) is 4.37. The molecule has 2 heterocycles. The van der Waals surface area contributed by atoms with Crippen LogP contribution in [0.1, 0.15) is 21.5 Å². The Kier molecular flexibility index (Phi) is 6.83. The number of hydrogen-bond donors (Lipinski definition) is 3. The van der Waals surface area contributed by atoms with Gasteiger partial charge in [0.25, 0.3) is 5.91 Å². The smallest absolute Gasteiger partial charge is 0.314 e. The van der Waals surface area contributed by atoms with Crippen LogP contribution in [-0.2, 0) is 0 Å². The molecule has 0 spiro atoms. The van der Waals surface area contributed by atoms with Gasteiger partial charge in [0.2, 0.25) is 0 Å². The van der Waals surface area contributed by atoms with E-state index in [1.807, 2.05) is 25.5 Å². The first-order valence-corrected chi connectivity index (χ1v) is 8.49. The van der Waals surface area contributed by atoms with E-state index >= 15 is 0 Å². The van der Waals surface area contributed by atoms with Gasteiger partial charge in [-0.15, -0.1) is 11.3 Å². The van der Waals surface area contributed by atoms with Crippen molar-refractivity contribution in [2.45, 2.75) is 6.04 Å². The zero-order chi connectivity index (χ0) is 17.4. The molecule has 8 heteroatoms. The molecule has 2 rings (SSSR count). The molecule has 7 nitrogen and oxygen atoms in total. The van der Waals surface area contributed by atoms with Gasteiger partial charge in [0.1, 0.15) is 0 Å². The number of nitrogens with one attached hydrogen (secondary N) is 3. The molecule has 24 heavy (non-hydrogen) atoms. The predicted octanol–water partition coefficient (Wildman–Crippen LogP) is 1.67. The monoisotopic (exact) mass is 350 g/mol. The number of carbonyl (C=O) groups is 2. The first-order valence-electron chi connectivity index (χ1n) is 7.61. The lowest BCUT2D eigenvalue weighted by Crippen LogP contribution is -2.43. The van der Waals surface area contributed by atoms with Gasteiger partial charge in [-0.2, -0.15) is 0 Å². The quantitative estimate of drug-likeness (QED) is 0.632. The van der Waals surface area contributed by atoms with Gasteiger partial charge in [-0.25, -0.2) is 4.79 Å². The number of urea groups is 1. The standard InChI is InChI=1S/C16H22N4O3S/c1-20(2)12(14-6-4-10-24-14)11-19-16(22)18-8-7-17-15(21)13-5-3-9-23-13/h3-6,9-10,12H,7-8,11H2,1-2H3,(H,17,21)(H2,18,19,22). The molecular formula is C16H22N4O3S. The van der Waals surface area contributed by atoms with Crippen molar-refractivity contribution in [3.8, 4) is 0 Å². The number of hydrogen-bond acceptors (Lipinski definition) is 5. The topological polar surface area (TPSA) is 86.6 Å². The van der Waals surface area contributed by atoms with Gasteiger partial charge in [-0.1, -0.05) is 6.07 Å². The molecule has 130 valence electrons. The highest BCUT2D eigenvalue weighted by Crippen LogP contribution is 2.22. The van der Waals surface area contributed by atoms with Crippen LogP contribution < -0.4 is 16.0 Å². The number of likely N-dealkylation sites (N-methyl/N-ethyl adjacent to an activating group) is 1. The van der Waals surface area contributed by atoms with Crippen molar-refractivity contribution < 1.29 is 14.0 Å². The summed E-state index contributed by atoms with van der Waals surface area (Å²) in [6.07, 6.45) is 1.44. The first kappa shape index (κ1) is 18.0. The maximum absolute atomic E-state index is 11.8. The molecule has 0 fully saturated rings. The molecule has 2 aromatic heterocycles. The molecule has 1 unspecified atom stereocenters. The molecule has 3 amide bonds. The summed E-state index contributed by atoms with van der Waals surface area (Å²) >= 11 is 1.66. The van der Waals surface area contributed by atoms with Crippen molar-refractivity contribution in [3.63, 3.8) is 0 Å². The fraction of sp³-hybridized carbons (Fsp3) is 0.375. The second-order valence-electron chi connectivity index (χ2n) is 5.36. The minimum absolute atomic E-state index is 0.134. The van der Waals surface area contributed by atoms with E-state index in [4.69, 9.17) is 4.42 Å². The summed E-state index contributed by atoms with van der Waals surface area (Å²) in [5, 5.41) is 10.2. The highest BCUT2D eigenvalue weighted by Gasteiger charge is 2.16. The average molecular weight is 350 g/mol. The normalized spacial score (nSPS) is 12.0. The molecular weight excluding hydrogens is 328 g/mol. The van der Waals surface area contributed by atoms with Crippen LogP contribution in [0.5, 0.6) is 0 Å². The zero-order valence-electron chi connectivity index (χ0n) is 13.7. The lowest BCUT2D eigenvalue weighted by atomic mass is 10.2. The number of nitrogens with zero attached hydrogens (tertiary/aromatic N) is 1. The van der Waals surface area contributed by atoms with Crippen molar-refractivity contribution in [3.05, 3.63) is 46.5 Å². The van der Waals surface area contributed by atoms with E-state index in [2.05, 4.69) is 26.9 Å². The molecule has 1 atom stereocenters. The largest absolute Gasteiger partial charge is 0.459 e. The minimum Gasteiger partial charge on any atom is -0.459 e. The Bertz CT molecular complexity index is 626. The molecule has 0 saturated heterocycles. The molecule has 3 N–H and O–H groups in total. The maximum Gasteiger partial charge on any atom is 0.314 e. The Labute approximate surface area is 145 Å². The van der Waals surface area contributed by atoms with E-state index in [0.29, 0.717) is 19.6 Å². The van der Waals surface area contributed by atoms with Crippen LogP contribution in [0.2, 0.25) is 0 Å². The number of carbonyl (C=O) groups excluding carboxylic acids is 2. The fourth-order valence-corrected chi connectivity index (χ4v) is 3.04. The van der Waals surface area contributed by atoms with Crippen LogP contribution in [-0.4, -0.2) is 50.6 Å². The van der Waals surface area contributed by atoms with E-state index in [1.54, 1.807) is 23.5 Å². The summed E-state index contributed by atoms with van der Waals surface area (Å²) in [7, 11) is 3.96. The summed E-state index contributed by atoms with van der Waals surface area (Å²) < 4.78 is 4.98. The van der Waals surface area contributed by atoms with Gasteiger partial charge in [-0.05, 0) is 37.7 Å². The summed E-state index contributed by atoms with van der Waals surface area (Å²) in [6, 6.07) is 7.16. The summed E-state index contributed by atoms with van der Waals surface area (Å²) in [6.45, 7) is 1.18. The van der Waals surface area contributed by atoms with Gasteiger partial charge in [0.15, 0.2) is 5.76 Å². The average Bonchev–Trinajstić information content (AvgIpc) is 3.24. The van der Waals surface area contributed by atoms with Crippen LogP contribution >= 0.6 is 11.3 Å². The molecule has 0 aliphatic heterocycles. The zero-order valence-corrected chi connectivity index (χ0v) is 14.6. The third-order valence-electron chi connectivity index (χ3n) is 3.39. The Morgan fingerprint density at radius 3 is 2.58 bits per heavy atom. The second kappa shape index (κ2) is 9.09. The van der Waals surface area contributed by atoms with Crippen molar-refractivity contribution in [1.82, 2.24) is 20.9 Å². The predicted molar refractivity (Wildman–Crippen MR) is 93.2 cm³/mol. The minimum atomic E-state index is -0.299. The van der Waals surface area contributed by atoms with E-state index in [1.165, 1.54) is 11.1 Å². The molecule has 0 bridgehead atoms. The van der Waals surface area contributed by atoms with Gasteiger partial charge in [-0.3, -0.25) is 4.79 Å². The molecule has 0 aliphatic rings. The van der Waals surface area contributed by atoms with E-state index in [9.17, 15) is 9.59 Å². The third kappa shape index (κ3) is 5.39. The van der Waals surface area contributed by atoms with Crippen LogP contribution in [0.15, 0.2) is 40.3 Å². The SMILES string of the molecule is CN(C)C(CNC(=O)NCCNC(=O)c1ccco1)c1cccs1. The highest BCUT2D eigenvalue weighted by molar-refractivity contribution is 7.10. The number of amides is 3. The molecule has 0 aromatic carbocycles. The summed E-state index contributed by atoms with van der Waals surface area (Å²) in [5.41, 5.74) is 0. The molecule has 0 radical (unpaired) electrons. The Morgan fingerprint density at radius 2 is 1.96 bits per heavy atom. The van der Waals surface area contributed by atoms with Gasteiger partial charge in [0, 0.05) is 24.5 Å². The number of thiophene rings is 1. The van der Waals surface area contributed by atoms with Crippen molar-refractivity contribution >= 4 is 23.3 Å². The van der Waals surface area contributed by atoms with Gasteiger partial charge in [0.05, 0.1) is 12.3 Å². The lowest BCUT2D eigenvalue weighted by molar-refractivity contribution is 0.0926. The Hall–Kier alpha value is -2.32. The van der Waals surface area contributed by atoms with Gasteiger partial charge < -0.3 is 25.3 Å². The van der Waals surface area contributed by atoms with E-state index < -0.39 is 0 Å². The number of furan rings is 1. The van der Waals surface area contributed by atoms with Crippen LogP contribution in [0.3, 0.4) is 0 Å². The highest BCUT2D eigenvalue weighted by atomic mass is 32.1. The Morgan fingerprint density at radius 1 is 1.17 bits per heavy atom. The van der Waals surface area contributed by atoms with E-state index in [-0.39, 0.29) is 23.7 Å². The van der Waals surface area contributed by atoms with Crippen LogP contribution in [0.25, 0.3) is 0 Å². The second-order valence-corrected chi connectivity index (χ2v) is 6.34. The maximum atomic E-state index is 11.8.